The van der Waals surface area contributed by atoms with E-state index in [0.717, 1.165) is 44.8 Å². The van der Waals surface area contributed by atoms with E-state index < -0.39 is 0 Å². The van der Waals surface area contributed by atoms with Crippen LogP contribution in [-0.2, 0) is 21.9 Å². The minimum Gasteiger partial charge on any atom is -0.483 e. The Labute approximate surface area is 171 Å². The molecule has 8 bridgehead atoms. The number of carbonyl (C=O) groups is 1. The maximum Gasteiger partial charge on any atom is 0.290 e. The zero-order chi connectivity index (χ0) is 18.6. The maximum absolute atomic E-state index is 8.36. The van der Waals surface area contributed by atoms with Crippen molar-refractivity contribution in [2.45, 2.75) is 0 Å². The number of aromatic nitrogens is 4. The van der Waals surface area contributed by atoms with Crippen LogP contribution >= 0.6 is 0 Å². The Morgan fingerprint density at radius 3 is 1.36 bits per heavy atom. The molecule has 0 aromatic carbocycles. The molecule has 2 aliphatic rings. The fourth-order valence-electron chi connectivity index (χ4n) is 2.94. The molecule has 0 saturated heterocycles. The number of fused-ring (bicyclic) bond motifs is 8. The Hall–Kier alpha value is -3.41. The van der Waals surface area contributed by atoms with E-state index in [1.165, 1.54) is 0 Å². The van der Waals surface area contributed by atoms with Crippen LogP contribution in [-0.4, -0.2) is 31.5 Å². The minimum absolute atomic E-state index is 0. The Kier molecular flexibility index (Phi) is 5.89. The third kappa shape index (κ3) is 4.46. The summed E-state index contributed by atoms with van der Waals surface area (Å²) in [5.41, 5.74) is 7.86. The van der Waals surface area contributed by atoms with E-state index in [4.69, 9.17) is 9.90 Å². The second kappa shape index (κ2) is 8.52. The molecule has 28 heavy (non-hydrogen) atoms. The SMILES string of the molecule is C1=Cc2cc3ccc(cc4ccc(cc5nc(cc1n2)C=C5)[nH]4)[nH]3.O=CO.[Cu]. The van der Waals surface area contributed by atoms with Crippen molar-refractivity contribution in [3.63, 3.8) is 0 Å². The number of hydrogen-bond donors (Lipinski definition) is 3. The summed E-state index contributed by atoms with van der Waals surface area (Å²) in [6.45, 7) is -0.250. The average molecular weight is 420 g/mol. The molecule has 5 heterocycles. The quantitative estimate of drug-likeness (QED) is 0.257. The number of nitrogens with one attached hydrogen (secondary N) is 2. The molecule has 6 nitrogen and oxygen atoms in total. The molecule has 0 aliphatic carbocycles. The molecule has 1 radical (unpaired) electrons. The molecule has 7 heteroatoms. The van der Waals surface area contributed by atoms with Gasteiger partial charge in [0.2, 0.25) is 0 Å². The predicted octanol–water partition coefficient (Wildman–Crippen LogP) is 4.35. The standard InChI is InChI=1S/C20H14N4.CH2O2.Cu/c1-2-14-10-16-5-6-18(23-16)12-20-8-7-19(24-20)11-17-4-3-15(22-17)9-13(1)21-14;2-1-3;/h1-12,21-22H;1H,(H,2,3);. The van der Waals surface area contributed by atoms with E-state index in [1.54, 1.807) is 0 Å². The van der Waals surface area contributed by atoms with Crippen molar-refractivity contribution < 1.29 is 27.0 Å². The summed E-state index contributed by atoms with van der Waals surface area (Å²) in [5.74, 6) is 0. The van der Waals surface area contributed by atoms with E-state index in [0.29, 0.717) is 0 Å². The van der Waals surface area contributed by atoms with Gasteiger partial charge in [-0.15, -0.1) is 0 Å². The maximum atomic E-state index is 8.36. The summed E-state index contributed by atoms with van der Waals surface area (Å²) < 4.78 is 0. The van der Waals surface area contributed by atoms with Crippen molar-refractivity contribution in [2.75, 3.05) is 0 Å². The molecule has 5 rings (SSSR count). The molecular weight excluding hydrogens is 404 g/mol. The van der Waals surface area contributed by atoms with Gasteiger partial charge in [-0.05, 0) is 72.8 Å². The molecular formula is C21H16CuN4O2. The van der Waals surface area contributed by atoms with Crippen LogP contribution in [0.15, 0.2) is 48.5 Å². The molecule has 0 amide bonds. The molecule has 0 unspecified atom stereocenters. The Bertz CT molecular complexity index is 1130. The van der Waals surface area contributed by atoms with Crippen LogP contribution in [0.25, 0.3) is 46.4 Å². The molecule has 3 aromatic rings. The van der Waals surface area contributed by atoms with Gasteiger partial charge in [-0.2, -0.15) is 0 Å². The van der Waals surface area contributed by atoms with Gasteiger partial charge in [-0.3, -0.25) is 4.79 Å². The van der Waals surface area contributed by atoms with E-state index >= 15 is 0 Å². The second-order valence-electron chi connectivity index (χ2n) is 6.01. The zero-order valence-corrected chi connectivity index (χ0v) is 15.5. The molecule has 0 fully saturated rings. The van der Waals surface area contributed by atoms with Crippen LogP contribution in [0, 0.1) is 0 Å². The first-order valence-corrected chi connectivity index (χ1v) is 8.34. The molecule has 3 aromatic heterocycles. The third-order valence-corrected chi connectivity index (χ3v) is 4.04. The Balaban J connectivity index is 0.000000531. The zero-order valence-electron chi connectivity index (χ0n) is 14.6. The average Bonchev–Trinajstić information content (AvgIpc) is 3.41. The smallest absolute Gasteiger partial charge is 0.290 e. The van der Waals surface area contributed by atoms with Crippen LogP contribution in [0.2, 0.25) is 0 Å². The van der Waals surface area contributed by atoms with Crippen LogP contribution in [0.3, 0.4) is 0 Å². The number of rotatable bonds is 0. The van der Waals surface area contributed by atoms with Gasteiger partial charge in [0.15, 0.2) is 0 Å². The van der Waals surface area contributed by atoms with Gasteiger partial charge in [0.05, 0.1) is 22.8 Å². The van der Waals surface area contributed by atoms with Gasteiger partial charge in [0.1, 0.15) is 0 Å². The fraction of sp³-hybridized carbons (Fsp3) is 0. The van der Waals surface area contributed by atoms with Crippen LogP contribution in [0.4, 0.5) is 0 Å². The Morgan fingerprint density at radius 2 is 0.964 bits per heavy atom. The van der Waals surface area contributed by atoms with Gasteiger partial charge in [0.25, 0.3) is 6.47 Å². The fourth-order valence-corrected chi connectivity index (χ4v) is 2.94. The topological polar surface area (TPSA) is 94.7 Å². The first kappa shape index (κ1) is 19.4. The summed E-state index contributed by atoms with van der Waals surface area (Å²) in [6.07, 6.45) is 8.05. The largest absolute Gasteiger partial charge is 0.483 e. The summed E-state index contributed by atoms with van der Waals surface area (Å²) in [5, 5.41) is 6.89. The number of hydrogen-bond acceptors (Lipinski definition) is 3. The summed E-state index contributed by atoms with van der Waals surface area (Å²) in [4.78, 5) is 24.4. The van der Waals surface area contributed by atoms with Crippen LogP contribution in [0.5, 0.6) is 0 Å². The van der Waals surface area contributed by atoms with E-state index in [-0.39, 0.29) is 23.5 Å². The van der Waals surface area contributed by atoms with E-state index in [2.05, 4.69) is 50.3 Å². The van der Waals surface area contributed by atoms with Gasteiger partial charge in [-0.1, -0.05) is 0 Å². The van der Waals surface area contributed by atoms with Gasteiger partial charge in [0, 0.05) is 39.1 Å². The van der Waals surface area contributed by atoms with Gasteiger partial charge in [-0.25, -0.2) is 9.97 Å². The number of H-pyrrole nitrogens is 2. The summed E-state index contributed by atoms with van der Waals surface area (Å²) in [7, 11) is 0. The predicted molar refractivity (Wildman–Crippen MR) is 108 cm³/mol. The molecule has 0 spiro atoms. The Morgan fingerprint density at radius 1 is 0.643 bits per heavy atom. The number of nitrogens with zero attached hydrogens (tertiary/aromatic N) is 2. The monoisotopic (exact) mass is 419 g/mol. The van der Waals surface area contributed by atoms with Crippen molar-refractivity contribution in [1.29, 1.82) is 0 Å². The van der Waals surface area contributed by atoms with Crippen LogP contribution in [0.1, 0.15) is 22.8 Å². The van der Waals surface area contributed by atoms with Crippen molar-refractivity contribution in [3.05, 3.63) is 71.3 Å². The molecule has 3 N–H and O–H groups in total. The van der Waals surface area contributed by atoms with Crippen molar-refractivity contribution >= 4 is 52.8 Å². The van der Waals surface area contributed by atoms with Gasteiger partial charge < -0.3 is 15.1 Å². The third-order valence-electron chi connectivity index (χ3n) is 4.04. The minimum atomic E-state index is -0.250. The number of aromatic amines is 2. The van der Waals surface area contributed by atoms with Crippen molar-refractivity contribution in [1.82, 2.24) is 19.9 Å². The van der Waals surface area contributed by atoms with Crippen molar-refractivity contribution in [2.24, 2.45) is 0 Å². The van der Waals surface area contributed by atoms with Crippen LogP contribution < -0.4 is 0 Å². The summed E-state index contributed by atoms with van der Waals surface area (Å²) in [6, 6.07) is 16.4. The first-order valence-electron chi connectivity index (χ1n) is 8.34. The second-order valence-corrected chi connectivity index (χ2v) is 6.01. The normalized spacial score (nSPS) is 11.3. The molecule has 0 saturated carbocycles. The molecule has 143 valence electrons. The summed E-state index contributed by atoms with van der Waals surface area (Å²) >= 11 is 0. The van der Waals surface area contributed by atoms with E-state index in [1.807, 2.05) is 42.5 Å². The molecule has 2 aliphatic heterocycles. The van der Waals surface area contributed by atoms with Crippen molar-refractivity contribution in [3.8, 4) is 0 Å². The van der Waals surface area contributed by atoms with Gasteiger partial charge >= 0.3 is 0 Å². The number of carboxylic acid groups (broad SMARTS) is 1. The molecule has 0 atom stereocenters. The first-order chi connectivity index (χ1) is 13.2. The van der Waals surface area contributed by atoms with E-state index in [9.17, 15) is 0 Å².